The summed E-state index contributed by atoms with van der Waals surface area (Å²) in [5.41, 5.74) is 1.48. The number of hydrogen-bond acceptors (Lipinski definition) is 6. The lowest BCUT2D eigenvalue weighted by Crippen LogP contribution is -2.42. The van der Waals surface area contributed by atoms with Gasteiger partial charge in [0.2, 0.25) is 0 Å². The van der Waals surface area contributed by atoms with Crippen molar-refractivity contribution in [3.8, 4) is 17.2 Å². The van der Waals surface area contributed by atoms with Crippen LogP contribution in [-0.4, -0.2) is 38.7 Å². The summed E-state index contributed by atoms with van der Waals surface area (Å²) in [6, 6.07) is 5.65. The Hall–Kier alpha value is -3.23. The third kappa shape index (κ3) is 3.08. The van der Waals surface area contributed by atoms with Crippen LogP contribution in [0.5, 0.6) is 5.75 Å². The molecular formula is C16H14FN5O3. The van der Waals surface area contributed by atoms with Gasteiger partial charge in [-0.15, -0.1) is 5.10 Å². The molecule has 1 aliphatic rings. The van der Waals surface area contributed by atoms with Crippen LogP contribution in [0.1, 0.15) is 16.1 Å². The van der Waals surface area contributed by atoms with Crippen LogP contribution in [-0.2, 0) is 13.5 Å². The molecule has 3 heterocycles. The minimum Gasteiger partial charge on any atom is -0.491 e. The van der Waals surface area contributed by atoms with E-state index in [1.807, 2.05) is 0 Å². The second-order valence-corrected chi connectivity index (χ2v) is 5.79. The number of carbonyl (C=O) groups excluding carboxylic acids is 1. The number of nitrogens with one attached hydrogen (secondary N) is 1. The van der Waals surface area contributed by atoms with E-state index in [0.29, 0.717) is 23.6 Å². The van der Waals surface area contributed by atoms with Crippen LogP contribution in [0, 0.1) is 5.82 Å². The summed E-state index contributed by atoms with van der Waals surface area (Å²) in [6.07, 6.45) is 2.21. The van der Waals surface area contributed by atoms with Gasteiger partial charge in [-0.2, -0.15) is 0 Å². The number of benzene rings is 1. The van der Waals surface area contributed by atoms with Crippen LogP contribution in [0.2, 0.25) is 0 Å². The van der Waals surface area contributed by atoms with E-state index >= 15 is 0 Å². The molecule has 4 rings (SSSR count). The first kappa shape index (κ1) is 15.3. The van der Waals surface area contributed by atoms with Crippen LogP contribution in [0.3, 0.4) is 0 Å². The minimum absolute atomic E-state index is 0.144. The van der Waals surface area contributed by atoms with Gasteiger partial charge in [0.1, 0.15) is 18.2 Å². The zero-order chi connectivity index (χ0) is 17.4. The van der Waals surface area contributed by atoms with Gasteiger partial charge in [-0.3, -0.25) is 9.48 Å². The Morgan fingerprint density at radius 3 is 3.08 bits per heavy atom. The molecule has 1 aromatic carbocycles. The molecule has 1 unspecified atom stereocenters. The topological polar surface area (TPSA) is 95.1 Å². The number of rotatable bonds is 3. The average Bonchev–Trinajstić information content (AvgIpc) is 3.24. The molecule has 1 atom stereocenters. The Morgan fingerprint density at radius 1 is 1.40 bits per heavy atom. The normalized spacial score (nSPS) is 16.2. The van der Waals surface area contributed by atoms with Crippen LogP contribution in [0.4, 0.5) is 4.39 Å². The Labute approximate surface area is 141 Å². The maximum absolute atomic E-state index is 13.2. The lowest BCUT2D eigenvalue weighted by Gasteiger charge is -2.25. The van der Waals surface area contributed by atoms with E-state index in [2.05, 4.69) is 20.8 Å². The lowest BCUT2D eigenvalue weighted by molar-refractivity contribution is 0.0906. The molecule has 9 heteroatoms. The van der Waals surface area contributed by atoms with Crippen molar-refractivity contribution in [1.82, 2.24) is 25.5 Å². The number of aryl methyl sites for hydroxylation is 1. The van der Waals surface area contributed by atoms with Gasteiger partial charge in [0.15, 0.2) is 17.1 Å². The third-order valence-electron chi connectivity index (χ3n) is 3.87. The van der Waals surface area contributed by atoms with Crippen molar-refractivity contribution in [3.63, 3.8) is 0 Å². The van der Waals surface area contributed by atoms with Gasteiger partial charge in [-0.1, -0.05) is 16.4 Å². The summed E-state index contributed by atoms with van der Waals surface area (Å²) in [7, 11) is 1.73. The zero-order valence-electron chi connectivity index (χ0n) is 13.3. The molecule has 25 heavy (non-hydrogen) atoms. The molecule has 0 saturated carbocycles. The number of carbonyl (C=O) groups is 1. The summed E-state index contributed by atoms with van der Waals surface area (Å²) in [5, 5.41) is 14.3. The van der Waals surface area contributed by atoms with Crippen molar-refractivity contribution in [1.29, 1.82) is 0 Å². The molecule has 3 aromatic rings. The van der Waals surface area contributed by atoms with Crippen molar-refractivity contribution in [2.24, 2.45) is 7.05 Å². The highest BCUT2D eigenvalue weighted by Gasteiger charge is 2.24. The summed E-state index contributed by atoms with van der Waals surface area (Å²) in [5.74, 6) is 0.147. The number of aromatic nitrogens is 4. The van der Waals surface area contributed by atoms with Crippen molar-refractivity contribution < 1.29 is 18.4 Å². The summed E-state index contributed by atoms with van der Waals surface area (Å²) in [4.78, 5) is 12.3. The molecule has 2 aromatic heterocycles. The SMILES string of the molecule is Cn1cc(-c2cc(C(=O)NC3COc4cc(F)ccc4C3)no2)nn1. The smallest absolute Gasteiger partial charge is 0.273 e. The Morgan fingerprint density at radius 2 is 2.28 bits per heavy atom. The van der Waals surface area contributed by atoms with E-state index in [4.69, 9.17) is 9.26 Å². The predicted molar refractivity (Wildman–Crippen MR) is 83.4 cm³/mol. The zero-order valence-corrected chi connectivity index (χ0v) is 13.3. The fourth-order valence-electron chi connectivity index (χ4n) is 2.66. The Kier molecular flexibility index (Phi) is 3.68. The number of nitrogens with zero attached hydrogens (tertiary/aromatic N) is 4. The average molecular weight is 343 g/mol. The Balaban J connectivity index is 1.44. The highest BCUT2D eigenvalue weighted by atomic mass is 19.1. The third-order valence-corrected chi connectivity index (χ3v) is 3.87. The second kappa shape index (κ2) is 6.00. The molecular weight excluding hydrogens is 329 g/mol. The van der Waals surface area contributed by atoms with Gasteiger partial charge < -0.3 is 14.6 Å². The fourth-order valence-corrected chi connectivity index (χ4v) is 2.66. The predicted octanol–water partition coefficient (Wildman–Crippen LogP) is 1.34. The highest BCUT2D eigenvalue weighted by molar-refractivity contribution is 5.93. The number of hydrogen-bond donors (Lipinski definition) is 1. The van der Waals surface area contributed by atoms with Crippen molar-refractivity contribution in [3.05, 3.63) is 47.5 Å². The van der Waals surface area contributed by atoms with E-state index in [1.165, 1.54) is 22.9 Å². The first-order chi connectivity index (χ1) is 12.1. The number of ether oxygens (including phenoxy) is 1. The molecule has 0 fully saturated rings. The summed E-state index contributed by atoms with van der Waals surface area (Å²) < 4.78 is 25.4. The van der Waals surface area contributed by atoms with E-state index < -0.39 is 0 Å². The second-order valence-electron chi connectivity index (χ2n) is 5.79. The lowest BCUT2D eigenvalue weighted by atomic mass is 10.0. The number of amides is 1. The monoisotopic (exact) mass is 343 g/mol. The molecule has 128 valence electrons. The van der Waals surface area contributed by atoms with Crippen LogP contribution in [0.15, 0.2) is 35.0 Å². The molecule has 0 bridgehead atoms. The van der Waals surface area contributed by atoms with Crippen molar-refractivity contribution >= 4 is 5.91 Å². The molecule has 1 aliphatic heterocycles. The fraction of sp³-hybridized carbons (Fsp3) is 0.250. The van der Waals surface area contributed by atoms with Crippen molar-refractivity contribution in [2.75, 3.05) is 6.61 Å². The van der Waals surface area contributed by atoms with Gasteiger partial charge in [0.05, 0.1) is 12.2 Å². The number of fused-ring (bicyclic) bond motifs is 1. The molecule has 0 aliphatic carbocycles. The van der Waals surface area contributed by atoms with E-state index in [0.717, 1.165) is 5.56 Å². The highest BCUT2D eigenvalue weighted by Crippen LogP contribution is 2.25. The first-order valence-corrected chi connectivity index (χ1v) is 7.64. The van der Waals surface area contributed by atoms with Crippen LogP contribution < -0.4 is 10.1 Å². The maximum atomic E-state index is 13.2. The van der Waals surface area contributed by atoms with Crippen LogP contribution in [0.25, 0.3) is 11.5 Å². The first-order valence-electron chi connectivity index (χ1n) is 7.64. The van der Waals surface area contributed by atoms with Crippen molar-refractivity contribution in [2.45, 2.75) is 12.5 Å². The summed E-state index contributed by atoms with van der Waals surface area (Å²) in [6.45, 7) is 0.261. The summed E-state index contributed by atoms with van der Waals surface area (Å²) >= 11 is 0. The molecule has 1 N–H and O–H groups in total. The van der Waals surface area contributed by atoms with Gasteiger partial charge in [0.25, 0.3) is 5.91 Å². The van der Waals surface area contributed by atoms with E-state index in [1.54, 1.807) is 19.3 Å². The standard InChI is InChI=1S/C16H14FN5O3/c1-22-7-13(19-21-22)15-6-12(20-25-15)16(23)18-11-4-9-2-3-10(17)5-14(9)24-8-11/h2-3,5-7,11H,4,8H2,1H3,(H,18,23). The Bertz CT molecular complexity index is 936. The van der Waals surface area contributed by atoms with E-state index in [-0.39, 0.29) is 30.1 Å². The number of halogens is 1. The van der Waals surface area contributed by atoms with Gasteiger partial charge in [-0.25, -0.2) is 4.39 Å². The maximum Gasteiger partial charge on any atom is 0.273 e. The van der Waals surface area contributed by atoms with Gasteiger partial charge in [0, 0.05) is 19.2 Å². The molecule has 0 saturated heterocycles. The quantitative estimate of drug-likeness (QED) is 0.771. The van der Waals surface area contributed by atoms with Gasteiger partial charge >= 0.3 is 0 Å². The minimum atomic E-state index is -0.377. The molecule has 8 nitrogen and oxygen atoms in total. The largest absolute Gasteiger partial charge is 0.491 e. The van der Waals surface area contributed by atoms with Gasteiger partial charge in [-0.05, 0) is 18.1 Å². The molecule has 0 spiro atoms. The van der Waals surface area contributed by atoms with E-state index in [9.17, 15) is 9.18 Å². The van der Waals surface area contributed by atoms with Crippen LogP contribution >= 0.6 is 0 Å². The molecule has 0 radical (unpaired) electrons. The molecule has 1 amide bonds.